The Morgan fingerprint density at radius 3 is 2.20 bits per heavy atom. The number of alkyl halides is 3. The number of hydrogen-bond donors (Lipinski definition) is 2. The Kier molecular flexibility index (Phi) is 4.06. The molecule has 1 atom stereocenters. The van der Waals surface area contributed by atoms with Crippen molar-refractivity contribution in [2.75, 3.05) is 5.73 Å². The summed E-state index contributed by atoms with van der Waals surface area (Å²) in [6.07, 6.45) is -5.46. The van der Waals surface area contributed by atoms with Crippen LogP contribution in [0.1, 0.15) is 22.8 Å². The van der Waals surface area contributed by atoms with Crippen molar-refractivity contribution in [3.63, 3.8) is 0 Å². The van der Waals surface area contributed by atoms with Gasteiger partial charge >= 0.3 is 6.18 Å². The molecule has 1 unspecified atom stereocenters. The van der Waals surface area contributed by atoms with Gasteiger partial charge in [0.15, 0.2) is 0 Å². The zero-order valence-corrected chi connectivity index (χ0v) is 11.7. The average Bonchev–Trinajstić information content (AvgIpc) is 2.40. The van der Waals surface area contributed by atoms with Gasteiger partial charge in [-0.05, 0) is 35.9 Å². The second kappa shape index (κ2) is 5.46. The van der Waals surface area contributed by atoms with Crippen molar-refractivity contribution in [2.45, 2.75) is 12.3 Å². The molecule has 0 bridgehead atoms. The zero-order chi connectivity index (χ0) is 14.9. The van der Waals surface area contributed by atoms with Gasteiger partial charge in [0.25, 0.3) is 0 Å². The van der Waals surface area contributed by atoms with Crippen molar-refractivity contribution >= 4 is 21.6 Å². The zero-order valence-electron chi connectivity index (χ0n) is 10.2. The first kappa shape index (κ1) is 14.9. The molecule has 2 aromatic rings. The molecular formula is C14H11BrF3NO. The SMILES string of the molecule is Nc1ccc(Br)cc1C(O)c1ccc(C(F)(F)F)cc1. The third-order valence-electron chi connectivity index (χ3n) is 2.90. The Hall–Kier alpha value is -1.53. The number of nitrogens with two attached hydrogens (primary N) is 1. The summed E-state index contributed by atoms with van der Waals surface area (Å²) in [6.45, 7) is 0. The van der Waals surface area contributed by atoms with E-state index in [4.69, 9.17) is 5.73 Å². The maximum absolute atomic E-state index is 12.5. The average molecular weight is 346 g/mol. The predicted octanol–water partition coefficient (Wildman–Crippen LogP) is 4.13. The largest absolute Gasteiger partial charge is 0.416 e. The Balaban J connectivity index is 2.34. The van der Waals surface area contributed by atoms with E-state index < -0.39 is 17.8 Å². The van der Waals surface area contributed by atoms with Gasteiger partial charge in [-0.1, -0.05) is 28.1 Å². The normalized spacial score (nSPS) is 13.2. The van der Waals surface area contributed by atoms with Crippen LogP contribution in [0.3, 0.4) is 0 Å². The van der Waals surface area contributed by atoms with Crippen LogP contribution < -0.4 is 5.73 Å². The molecule has 3 N–H and O–H groups in total. The lowest BCUT2D eigenvalue weighted by atomic mass is 9.99. The number of aliphatic hydroxyl groups excluding tert-OH is 1. The van der Waals surface area contributed by atoms with Crippen molar-refractivity contribution in [1.29, 1.82) is 0 Å². The van der Waals surface area contributed by atoms with Gasteiger partial charge in [0.1, 0.15) is 6.10 Å². The molecule has 0 amide bonds. The molecule has 0 spiro atoms. The van der Waals surface area contributed by atoms with Gasteiger partial charge in [-0.15, -0.1) is 0 Å². The highest BCUT2D eigenvalue weighted by Crippen LogP contribution is 2.32. The number of nitrogen functional groups attached to an aromatic ring is 1. The van der Waals surface area contributed by atoms with Gasteiger partial charge in [-0.3, -0.25) is 0 Å². The van der Waals surface area contributed by atoms with Crippen LogP contribution in [0, 0.1) is 0 Å². The Morgan fingerprint density at radius 2 is 1.65 bits per heavy atom. The van der Waals surface area contributed by atoms with Crippen LogP contribution in [0.5, 0.6) is 0 Å². The van der Waals surface area contributed by atoms with Crippen LogP contribution in [-0.4, -0.2) is 5.11 Å². The second-order valence-corrected chi connectivity index (χ2v) is 5.21. The highest BCUT2D eigenvalue weighted by molar-refractivity contribution is 9.10. The molecule has 0 aliphatic rings. The third-order valence-corrected chi connectivity index (χ3v) is 3.39. The Labute approximate surface area is 122 Å². The minimum absolute atomic E-state index is 0.350. The maximum atomic E-state index is 12.5. The minimum Gasteiger partial charge on any atom is -0.398 e. The van der Waals surface area contributed by atoms with E-state index in [0.717, 1.165) is 16.6 Å². The van der Waals surface area contributed by atoms with Crippen LogP contribution in [0.2, 0.25) is 0 Å². The number of hydrogen-bond acceptors (Lipinski definition) is 2. The van der Waals surface area contributed by atoms with E-state index in [2.05, 4.69) is 15.9 Å². The van der Waals surface area contributed by atoms with Crippen molar-refractivity contribution in [1.82, 2.24) is 0 Å². The van der Waals surface area contributed by atoms with Gasteiger partial charge in [0.2, 0.25) is 0 Å². The Morgan fingerprint density at radius 1 is 1.05 bits per heavy atom. The van der Waals surface area contributed by atoms with Crippen LogP contribution in [0.4, 0.5) is 18.9 Å². The van der Waals surface area contributed by atoms with E-state index in [1.54, 1.807) is 18.2 Å². The quantitative estimate of drug-likeness (QED) is 0.804. The molecule has 106 valence electrons. The van der Waals surface area contributed by atoms with Crippen molar-refractivity contribution in [3.05, 3.63) is 63.6 Å². The highest BCUT2D eigenvalue weighted by atomic mass is 79.9. The van der Waals surface area contributed by atoms with Gasteiger partial charge in [0, 0.05) is 15.7 Å². The molecule has 2 aromatic carbocycles. The fraction of sp³-hybridized carbons (Fsp3) is 0.143. The summed E-state index contributed by atoms with van der Waals surface area (Å²) in [5.74, 6) is 0. The number of anilines is 1. The fourth-order valence-electron chi connectivity index (χ4n) is 1.82. The summed E-state index contributed by atoms with van der Waals surface area (Å²) in [5, 5.41) is 10.2. The van der Waals surface area contributed by atoms with Crippen molar-refractivity contribution < 1.29 is 18.3 Å². The van der Waals surface area contributed by atoms with E-state index in [1.165, 1.54) is 12.1 Å². The number of aliphatic hydroxyl groups is 1. The van der Waals surface area contributed by atoms with Crippen LogP contribution in [0.25, 0.3) is 0 Å². The van der Waals surface area contributed by atoms with Gasteiger partial charge < -0.3 is 10.8 Å². The van der Waals surface area contributed by atoms with E-state index in [1.807, 2.05) is 0 Å². The maximum Gasteiger partial charge on any atom is 0.416 e. The summed E-state index contributed by atoms with van der Waals surface area (Å²) in [5.41, 5.74) is 6.18. The van der Waals surface area contributed by atoms with Gasteiger partial charge in [-0.25, -0.2) is 0 Å². The van der Waals surface area contributed by atoms with E-state index in [-0.39, 0.29) is 0 Å². The summed E-state index contributed by atoms with van der Waals surface area (Å²) >= 11 is 3.26. The number of halogens is 4. The first-order valence-corrected chi connectivity index (χ1v) is 6.48. The smallest absolute Gasteiger partial charge is 0.398 e. The molecule has 0 aliphatic carbocycles. The molecular weight excluding hydrogens is 335 g/mol. The lowest BCUT2D eigenvalue weighted by molar-refractivity contribution is -0.137. The molecule has 20 heavy (non-hydrogen) atoms. The fourth-order valence-corrected chi connectivity index (χ4v) is 2.20. The molecule has 0 aromatic heterocycles. The van der Waals surface area contributed by atoms with Crippen molar-refractivity contribution in [2.24, 2.45) is 0 Å². The van der Waals surface area contributed by atoms with Crippen LogP contribution in [0.15, 0.2) is 46.9 Å². The summed E-state index contributed by atoms with van der Waals surface area (Å²) in [6, 6.07) is 9.34. The molecule has 0 heterocycles. The monoisotopic (exact) mass is 345 g/mol. The standard InChI is InChI=1S/C14H11BrF3NO/c15-10-5-6-12(19)11(7-10)13(20)8-1-3-9(4-2-8)14(16,17)18/h1-7,13,20H,19H2. The van der Waals surface area contributed by atoms with E-state index in [0.29, 0.717) is 16.8 Å². The molecule has 0 aliphatic heterocycles. The minimum atomic E-state index is -4.39. The van der Waals surface area contributed by atoms with Gasteiger partial charge in [0.05, 0.1) is 5.56 Å². The van der Waals surface area contributed by atoms with E-state index >= 15 is 0 Å². The third kappa shape index (κ3) is 3.13. The molecule has 2 rings (SSSR count). The Bertz CT molecular complexity index is 611. The number of rotatable bonds is 2. The van der Waals surface area contributed by atoms with Gasteiger partial charge in [-0.2, -0.15) is 13.2 Å². The first-order chi connectivity index (χ1) is 9.29. The summed E-state index contributed by atoms with van der Waals surface area (Å²) < 4.78 is 38.1. The molecule has 0 radical (unpaired) electrons. The van der Waals surface area contributed by atoms with E-state index in [9.17, 15) is 18.3 Å². The molecule has 6 heteroatoms. The lowest BCUT2D eigenvalue weighted by Gasteiger charge is -2.15. The summed E-state index contributed by atoms with van der Waals surface area (Å²) in [4.78, 5) is 0. The van der Waals surface area contributed by atoms with Crippen LogP contribution >= 0.6 is 15.9 Å². The molecule has 2 nitrogen and oxygen atoms in total. The molecule has 0 saturated carbocycles. The highest BCUT2D eigenvalue weighted by Gasteiger charge is 2.30. The second-order valence-electron chi connectivity index (χ2n) is 4.30. The van der Waals surface area contributed by atoms with Crippen molar-refractivity contribution in [3.8, 4) is 0 Å². The molecule has 0 fully saturated rings. The topological polar surface area (TPSA) is 46.2 Å². The number of benzene rings is 2. The first-order valence-electron chi connectivity index (χ1n) is 5.69. The predicted molar refractivity (Wildman–Crippen MR) is 74.1 cm³/mol. The molecule has 0 saturated heterocycles. The summed E-state index contributed by atoms with van der Waals surface area (Å²) in [7, 11) is 0. The van der Waals surface area contributed by atoms with Crippen LogP contribution in [-0.2, 0) is 6.18 Å². The lowest BCUT2D eigenvalue weighted by Crippen LogP contribution is -2.07.